The van der Waals surface area contributed by atoms with Crippen LogP contribution in [0.25, 0.3) is 0 Å². The summed E-state index contributed by atoms with van der Waals surface area (Å²) in [6.07, 6.45) is 5.57. The summed E-state index contributed by atoms with van der Waals surface area (Å²) in [5.41, 5.74) is 5.36. The molecular weight excluding hydrogens is 240 g/mol. The van der Waals surface area contributed by atoms with Gasteiger partial charge in [0.05, 0.1) is 11.8 Å². The molecule has 2 atom stereocenters. The van der Waals surface area contributed by atoms with E-state index in [1.165, 1.54) is 12.1 Å². The summed E-state index contributed by atoms with van der Waals surface area (Å²) >= 11 is 0. The first-order chi connectivity index (χ1) is 9.26. The number of ether oxygens (including phenoxy) is 1. The van der Waals surface area contributed by atoms with Crippen LogP contribution < -0.4 is 11.3 Å². The Kier molecular flexibility index (Phi) is 5.36. The highest BCUT2D eigenvalue weighted by Crippen LogP contribution is 2.19. The van der Waals surface area contributed by atoms with Gasteiger partial charge in [-0.1, -0.05) is 6.92 Å². The highest BCUT2D eigenvalue weighted by Gasteiger charge is 2.21. The maximum atomic E-state index is 5.69. The molecule has 3 N–H and O–H groups in total. The van der Waals surface area contributed by atoms with Crippen LogP contribution in [0.1, 0.15) is 44.5 Å². The Morgan fingerprint density at radius 2 is 2.42 bits per heavy atom. The molecule has 0 aliphatic carbocycles. The fraction of sp³-hybridized carbons (Fsp3) is 0.786. The Balaban J connectivity index is 1.98. The number of nitrogens with one attached hydrogen (secondary N) is 1. The average Bonchev–Trinajstić information content (AvgIpc) is 3.06. The molecule has 2 heterocycles. The van der Waals surface area contributed by atoms with Crippen molar-refractivity contribution in [2.45, 2.75) is 64.6 Å². The smallest absolute Gasteiger partial charge is 0.0624 e. The molecule has 0 bridgehead atoms. The van der Waals surface area contributed by atoms with Gasteiger partial charge in [-0.25, -0.2) is 0 Å². The van der Waals surface area contributed by atoms with Gasteiger partial charge in [-0.2, -0.15) is 5.10 Å². The van der Waals surface area contributed by atoms with Crippen molar-refractivity contribution in [3.05, 3.63) is 17.5 Å². The second-order valence-corrected chi connectivity index (χ2v) is 5.23. The van der Waals surface area contributed by atoms with Crippen LogP contribution in [0.4, 0.5) is 0 Å². The fourth-order valence-corrected chi connectivity index (χ4v) is 2.74. The van der Waals surface area contributed by atoms with Gasteiger partial charge in [0.2, 0.25) is 0 Å². The van der Waals surface area contributed by atoms with Crippen LogP contribution in [0.15, 0.2) is 6.07 Å². The average molecular weight is 266 g/mol. The lowest BCUT2D eigenvalue weighted by Gasteiger charge is -2.19. The molecule has 5 heteroatoms. The Morgan fingerprint density at radius 1 is 1.58 bits per heavy atom. The van der Waals surface area contributed by atoms with E-state index in [2.05, 4.69) is 35.1 Å². The van der Waals surface area contributed by atoms with Gasteiger partial charge in [-0.15, -0.1) is 0 Å². The number of aromatic nitrogens is 2. The molecular formula is C14H26N4O. The van der Waals surface area contributed by atoms with Gasteiger partial charge in [0.1, 0.15) is 0 Å². The lowest BCUT2D eigenvalue weighted by atomic mass is 10.0. The molecule has 1 aromatic rings. The zero-order valence-electron chi connectivity index (χ0n) is 12.1. The molecule has 0 aromatic carbocycles. The van der Waals surface area contributed by atoms with Gasteiger partial charge in [0.15, 0.2) is 0 Å². The molecule has 0 radical (unpaired) electrons. The van der Waals surface area contributed by atoms with E-state index in [1.54, 1.807) is 0 Å². The first-order valence-electron chi connectivity index (χ1n) is 7.40. The Bertz CT molecular complexity index is 385. The van der Waals surface area contributed by atoms with Gasteiger partial charge in [-0.3, -0.25) is 16.0 Å². The normalized spacial score (nSPS) is 20.9. The molecule has 0 amide bonds. The lowest BCUT2D eigenvalue weighted by Crippen LogP contribution is -2.39. The first-order valence-corrected chi connectivity index (χ1v) is 7.40. The molecule has 19 heavy (non-hydrogen) atoms. The van der Waals surface area contributed by atoms with Crippen LogP contribution in [0.2, 0.25) is 0 Å². The van der Waals surface area contributed by atoms with Crippen molar-refractivity contribution in [3.63, 3.8) is 0 Å². The van der Waals surface area contributed by atoms with Crippen molar-refractivity contribution >= 4 is 0 Å². The van der Waals surface area contributed by atoms with E-state index < -0.39 is 0 Å². The first kappa shape index (κ1) is 14.5. The van der Waals surface area contributed by atoms with Crippen molar-refractivity contribution in [2.24, 2.45) is 5.84 Å². The zero-order valence-corrected chi connectivity index (χ0v) is 12.1. The van der Waals surface area contributed by atoms with E-state index in [0.29, 0.717) is 6.10 Å². The minimum atomic E-state index is 0.259. The molecule has 2 unspecified atom stereocenters. The molecule has 1 aliphatic heterocycles. The van der Waals surface area contributed by atoms with Gasteiger partial charge in [-0.05, 0) is 38.7 Å². The topological polar surface area (TPSA) is 65.1 Å². The van der Waals surface area contributed by atoms with Crippen molar-refractivity contribution in [2.75, 3.05) is 6.61 Å². The standard InChI is InChI=1S/C14H26N4O/c1-3-11-8-13(18(4-2)17-11)9-12(16-15)10-14-6-5-7-19-14/h8,12,14,16H,3-7,9-10,15H2,1-2H3. The van der Waals surface area contributed by atoms with Crippen LogP contribution in [0.5, 0.6) is 0 Å². The molecule has 1 saturated heterocycles. The highest BCUT2D eigenvalue weighted by molar-refractivity contribution is 5.12. The van der Waals surface area contributed by atoms with Gasteiger partial charge in [0.25, 0.3) is 0 Å². The van der Waals surface area contributed by atoms with Crippen LogP contribution in [-0.4, -0.2) is 28.5 Å². The number of hydrazine groups is 1. The van der Waals surface area contributed by atoms with Crippen LogP contribution >= 0.6 is 0 Å². The predicted octanol–water partition coefficient (Wildman–Crippen LogP) is 1.41. The van der Waals surface area contributed by atoms with Crippen LogP contribution in [0.3, 0.4) is 0 Å². The minimum absolute atomic E-state index is 0.259. The lowest BCUT2D eigenvalue weighted by molar-refractivity contribution is 0.0944. The fourth-order valence-electron chi connectivity index (χ4n) is 2.74. The van der Waals surface area contributed by atoms with E-state index in [1.807, 2.05) is 0 Å². The Hall–Kier alpha value is -0.910. The molecule has 0 spiro atoms. The maximum Gasteiger partial charge on any atom is 0.0624 e. The highest BCUT2D eigenvalue weighted by atomic mass is 16.5. The van der Waals surface area contributed by atoms with Gasteiger partial charge < -0.3 is 4.74 Å². The molecule has 1 aliphatic rings. The van der Waals surface area contributed by atoms with Crippen molar-refractivity contribution in [3.8, 4) is 0 Å². The van der Waals surface area contributed by atoms with Gasteiger partial charge >= 0.3 is 0 Å². The summed E-state index contributed by atoms with van der Waals surface area (Å²) < 4.78 is 7.77. The molecule has 1 aromatic heterocycles. The third-order valence-electron chi connectivity index (χ3n) is 3.84. The quantitative estimate of drug-likeness (QED) is 0.578. The van der Waals surface area contributed by atoms with E-state index in [-0.39, 0.29) is 6.04 Å². The summed E-state index contributed by atoms with van der Waals surface area (Å²) in [5, 5.41) is 4.58. The number of rotatable bonds is 7. The Labute approximate surface area is 115 Å². The third kappa shape index (κ3) is 3.78. The number of nitrogens with two attached hydrogens (primary N) is 1. The van der Waals surface area contributed by atoms with Gasteiger partial charge in [0, 0.05) is 31.3 Å². The van der Waals surface area contributed by atoms with E-state index in [0.717, 1.165) is 44.5 Å². The van der Waals surface area contributed by atoms with Crippen molar-refractivity contribution < 1.29 is 4.74 Å². The minimum Gasteiger partial charge on any atom is -0.378 e. The van der Waals surface area contributed by atoms with Crippen molar-refractivity contribution in [1.82, 2.24) is 15.2 Å². The SMILES string of the molecule is CCc1cc(CC(CC2CCCO2)NN)n(CC)n1. The molecule has 108 valence electrons. The van der Waals surface area contributed by atoms with E-state index >= 15 is 0 Å². The van der Waals surface area contributed by atoms with Crippen LogP contribution in [0, 0.1) is 0 Å². The Morgan fingerprint density at radius 3 is 3.00 bits per heavy atom. The molecule has 1 fully saturated rings. The predicted molar refractivity (Wildman–Crippen MR) is 75.7 cm³/mol. The summed E-state index contributed by atoms with van der Waals surface area (Å²) in [6, 6.07) is 2.46. The monoisotopic (exact) mass is 266 g/mol. The number of nitrogens with zero attached hydrogens (tertiary/aromatic N) is 2. The molecule has 0 saturated carbocycles. The zero-order chi connectivity index (χ0) is 13.7. The van der Waals surface area contributed by atoms with E-state index in [9.17, 15) is 0 Å². The summed E-state index contributed by atoms with van der Waals surface area (Å²) in [6.45, 7) is 6.07. The van der Waals surface area contributed by atoms with Crippen molar-refractivity contribution in [1.29, 1.82) is 0 Å². The third-order valence-corrected chi connectivity index (χ3v) is 3.84. The number of aryl methyl sites for hydroxylation is 2. The second-order valence-electron chi connectivity index (χ2n) is 5.23. The largest absolute Gasteiger partial charge is 0.378 e. The second kappa shape index (κ2) is 7.03. The number of hydrogen-bond acceptors (Lipinski definition) is 4. The summed E-state index contributed by atoms with van der Waals surface area (Å²) in [5.74, 6) is 5.69. The molecule has 2 rings (SSSR count). The maximum absolute atomic E-state index is 5.69. The summed E-state index contributed by atoms with van der Waals surface area (Å²) in [7, 11) is 0. The number of hydrogen-bond donors (Lipinski definition) is 2. The molecule has 5 nitrogen and oxygen atoms in total. The van der Waals surface area contributed by atoms with E-state index in [4.69, 9.17) is 10.6 Å². The summed E-state index contributed by atoms with van der Waals surface area (Å²) in [4.78, 5) is 0. The van der Waals surface area contributed by atoms with Crippen LogP contribution in [-0.2, 0) is 24.1 Å².